The van der Waals surface area contributed by atoms with Crippen LogP contribution in [-0.4, -0.2) is 24.9 Å². The highest BCUT2D eigenvalue weighted by molar-refractivity contribution is 7.98. The van der Waals surface area contributed by atoms with E-state index in [1.165, 1.54) is 11.8 Å². The maximum absolute atomic E-state index is 5.98. The van der Waals surface area contributed by atoms with E-state index in [-0.39, 0.29) is 0 Å². The lowest BCUT2D eigenvalue weighted by Crippen LogP contribution is -2.00. The van der Waals surface area contributed by atoms with Crippen LogP contribution in [0.4, 0.5) is 0 Å². The fourth-order valence-electron chi connectivity index (χ4n) is 2.45. The van der Waals surface area contributed by atoms with E-state index in [4.69, 9.17) is 16.1 Å². The minimum Gasteiger partial charge on any atom is -0.338 e. The summed E-state index contributed by atoms with van der Waals surface area (Å²) in [5, 5.41) is 18.1. The van der Waals surface area contributed by atoms with Crippen LogP contribution in [0.3, 0.4) is 0 Å². The first-order chi connectivity index (χ1) is 13.2. The number of hydrogen-bond acceptors (Lipinski definition) is 7. The summed E-state index contributed by atoms with van der Waals surface area (Å²) in [6.45, 7) is 4.42. The van der Waals surface area contributed by atoms with Gasteiger partial charge >= 0.3 is 0 Å². The third-order valence-electron chi connectivity index (χ3n) is 3.70. The molecule has 27 heavy (non-hydrogen) atoms. The molecule has 0 amide bonds. The predicted octanol–water partition coefficient (Wildman–Crippen LogP) is 5.19. The van der Waals surface area contributed by atoms with Crippen molar-refractivity contribution in [1.82, 2.24) is 24.9 Å². The molecule has 4 rings (SSSR count). The molecule has 0 spiro atoms. The summed E-state index contributed by atoms with van der Waals surface area (Å²) in [5.41, 5.74) is 1.90. The van der Waals surface area contributed by atoms with Gasteiger partial charge in [0.25, 0.3) is 0 Å². The molecule has 4 aromatic rings. The molecule has 136 valence electrons. The van der Waals surface area contributed by atoms with E-state index < -0.39 is 0 Å². The highest BCUT2D eigenvalue weighted by Gasteiger charge is 2.16. The third kappa shape index (κ3) is 3.97. The average Bonchev–Trinajstić information content (AvgIpc) is 3.42. The molecule has 0 aliphatic rings. The SMILES string of the molecule is C=CCn1c(SCc2nc(-c3ccsc3)no2)nnc1-c1ccc(Cl)cc1. The number of thioether (sulfide) groups is 1. The molecule has 3 heterocycles. The molecule has 1 aromatic carbocycles. The van der Waals surface area contributed by atoms with Crippen LogP contribution in [0.15, 0.2) is 63.4 Å². The smallest absolute Gasteiger partial charge is 0.237 e. The van der Waals surface area contributed by atoms with Gasteiger partial charge in [-0.15, -0.1) is 16.8 Å². The number of rotatable bonds is 7. The van der Waals surface area contributed by atoms with Gasteiger partial charge in [0.15, 0.2) is 11.0 Å². The van der Waals surface area contributed by atoms with Gasteiger partial charge in [-0.25, -0.2) is 0 Å². The lowest BCUT2D eigenvalue weighted by Gasteiger charge is -2.07. The molecule has 9 heteroatoms. The Morgan fingerprint density at radius 1 is 1.19 bits per heavy atom. The summed E-state index contributed by atoms with van der Waals surface area (Å²) >= 11 is 9.06. The van der Waals surface area contributed by atoms with Crippen molar-refractivity contribution >= 4 is 34.7 Å². The minimum atomic E-state index is 0.507. The number of halogens is 1. The first-order valence-electron chi connectivity index (χ1n) is 8.02. The van der Waals surface area contributed by atoms with E-state index in [0.29, 0.717) is 29.0 Å². The van der Waals surface area contributed by atoms with Crippen molar-refractivity contribution in [1.29, 1.82) is 0 Å². The van der Waals surface area contributed by atoms with E-state index in [0.717, 1.165) is 22.1 Å². The Labute approximate surface area is 168 Å². The summed E-state index contributed by atoms with van der Waals surface area (Å²) < 4.78 is 7.34. The zero-order chi connectivity index (χ0) is 18.6. The Hall–Kier alpha value is -2.42. The largest absolute Gasteiger partial charge is 0.338 e. The zero-order valence-electron chi connectivity index (χ0n) is 14.1. The maximum atomic E-state index is 5.98. The quantitative estimate of drug-likeness (QED) is 0.305. The summed E-state index contributed by atoms with van der Waals surface area (Å²) in [5.74, 6) is 2.41. The van der Waals surface area contributed by atoms with Crippen LogP contribution >= 0.6 is 34.7 Å². The highest BCUT2D eigenvalue weighted by atomic mass is 35.5. The molecule has 0 aliphatic heterocycles. The molecule has 0 radical (unpaired) electrons. The molecular weight excluding hydrogens is 402 g/mol. The normalized spacial score (nSPS) is 11.0. The van der Waals surface area contributed by atoms with E-state index in [2.05, 4.69) is 26.9 Å². The van der Waals surface area contributed by atoms with Gasteiger partial charge in [-0.2, -0.15) is 16.3 Å². The summed E-state index contributed by atoms with van der Waals surface area (Å²) in [6.07, 6.45) is 1.81. The first-order valence-corrected chi connectivity index (χ1v) is 10.3. The Morgan fingerprint density at radius 2 is 2.04 bits per heavy atom. The maximum Gasteiger partial charge on any atom is 0.237 e. The van der Waals surface area contributed by atoms with Crippen molar-refractivity contribution in [3.8, 4) is 22.8 Å². The van der Waals surface area contributed by atoms with E-state index in [1.54, 1.807) is 11.3 Å². The van der Waals surface area contributed by atoms with Crippen LogP contribution in [0.25, 0.3) is 22.8 Å². The Balaban J connectivity index is 1.53. The zero-order valence-corrected chi connectivity index (χ0v) is 16.5. The van der Waals surface area contributed by atoms with Gasteiger partial charge in [-0.05, 0) is 35.7 Å². The molecule has 0 unspecified atom stereocenters. The highest BCUT2D eigenvalue weighted by Crippen LogP contribution is 2.27. The van der Waals surface area contributed by atoms with Crippen molar-refractivity contribution in [2.75, 3.05) is 0 Å². The standard InChI is InChI=1S/C18H14ClN5OS2/c1-2-8-24-17(12-3-5-14(19)6-4-12)21-22-18(24)27-11-15-20-16(23-25-15)13-7-9-26-10-13/h2-7,9-10H,1,8,11H2. The van der Waals surface area contributed by atoms with Crippen molar-refractivity contribution in [2.45, 2.75) is 17.5 Å². The second-order valence-corrected chi connectivity index (χ2v) is 7.68. The van der Waals surface area contributed by atoms with Crippen LogP contribution in [-0.2, 0) is 12.3 Å². The number of benzene rings is 1. The number of nitrogens with zero attached hydrogens (tertiary/aromatic N) is 5. The van der Waals surface area contributed by atoms with Gasteiger partial charge in [0.2, 0.25) is 11.7 Å². The molecule has 3 aromatic heterocycles. The molecule has 0 aliphatic carbocycles. The minimum absolute atomic E-state index is 0.507. The lowest BCUT2D eigenvalue weighted by molar-refractivity contribution is 0.391. The molecule has 0 saturated carbocycles. The third-order valence-corrected chi connectivity index (χ3v) is 5.59. The topological polar surface area (TPSA) is 69.6 Å². The van der Waals surface area contributed by atoms with Crippen LogP contribution in [0.2, 0.25) is 5.02 Å². The fraction of sp³-hybridized carbons (Fsp3) is 0.111. The van der Waals surface area contributed by atoms with Gasteiger partial charge in [-0.3, -0.25) is 4.57 Å². The van der Waals surface area contributed by atoms with Crippen LogP contribution in [0, 0.1) is 0 Å². The van der Waals surface area contributed by atoms with E-state index in [9.17, 15) is 0 Å². The van der Waals surface area contributed by atoms with E-state index >= 15 is 0 Å². The van der Waals surface area contributed by atoms with Gasteiger partial charge in [0, 0.05) is 28.1 Å². The second kappa shape index (κ2) is 8.08. The second-order valence-electron chi connectivity index (χ2n) is 5.52. The number of hydrogen-bond donors (Lipinski definition) is 0. The summed E-state index contributed by atoms with van der Waals surface area (Å²) in [6, 6.07) is 9.48. The summed E-state index contributed by atoms with van der Waals surface area (Å²) in [4.78, 5) is 4.43. The Kier molecular flexibility index (Phi) is 5.38. The summed E-state index contributed by atoms with van der Waals surface area (Å²) in [7, 11) is 0. The fourth-order valence-corrected chi connectivity index (χ4v) is 4.00. The number of thiophene rings is 1. The van der Waals surface area contributed by atoms with Crippen LogP contribution < -0.4 is 0 Å². The van der Waals surface area contributed by atoms with Crippen molar-refractivity contribution in [2.24, 2.45) is 0 Å². The first kappa shape index (κ1) is 18.0. The molecule has 6 nitrogen and oxygen atoms in total. The predicted molar refractivity (Wildman–Crippen MR) is 108 cm³/mol. The Bertz CT molecular complexity index is 1040. The van der Waals surface area contributed by atoms with Crippen molar-refractivity contribution in [3.05, 3.63) is 64.7 Å². The molecule has 0 saturated heterocycles. The number of aromatic nitrogens is 5. The lowest BCUT2D eigenvalue weighted by atomic mass is 10.2. The molecular formula is C18H14ClN5OS2. The molecule has 0 atom stereocenters. The monoisotopic (exact) mass is 415 g/mol. The van der Waals surface area contributed by atoms with E-state index in [1.807, 2.05) is 51.7 Å². The molecule has 0 fully saturated rings. The Morgan fingerprint density at radius 3 is 2.78 bits per heavy atom. The van der Waals surface area contributed by atoms with Crippen LogP contribution in [0.5, 0.6) is 0 Å². The van der Waals surface area contributed by atoms with Crippen LogP contribution in [0.1, 0.15) is 5.89 Å². The van der Waals surface area contributed by atoms with Crippen molar-refractivity contribution < 1.29 is 4.52 Å². The van der Waals surface area contributed by atoms with Gasteiger partial charge in [0.1, 0.15) is 0 Å². The number of allylic oxidation sites excluding steroid dienone is 1. The molecule has 0 N–H and O–H groups in total. The average molecular weight is 416 g/mol. The molecule has 0 bridgehead atoms. The van der Waals surface area contributed by atoms with Gasteiger partial charge < -0.3 is 4.52 Å². The van der Waals surface area contributed by atoms with Gasteiger partial charge in [-0.1, -0.05) is 34.6 Å². The van der Waals surface area contributed by atoms with Gasteiger partial charge in [0.05, 0.1) is 5.75 Å². The van der Waals surface area contributed by atoms with Crippen molar-refractivity contribution in [3.63, 3.8) is 0 Å².